The van der Waals surface area contributed by atoms with Gasteiger partial charge in [-0.05, 0) is 20.8 Å². The zero-order valence-corrected chi connectivity index (χ0v) is 13.7. The average molecular weight is 347 g/mol. The minimum absolute atomic E-state index is 0.299. The second kappa shape index (κ2) is 5.12. The van der Waals surface area contributed by atoms with E-state index in [-0.39, 0.29) is 0 Å². The lowest BCUT2D eigenvalue weighted by molar-refractivity contribution is -0.140. The van der Waals surface area contributed by atoms with Crippen molar-refractivity contribution in [2.75, 3.05) is 6.54 Å². The number of halogens is 3. The van der Waals surface area contributed by atoms with E-state index < -0.39 is 23.6 Å². The van der Waals surface area contributed by atoms with E-state index in [0.29, 0.717) is 24.5 Å². The molecular weight excluding hydrogens is 331 g/mol. The third-order valence-electron chi connectivity index (χ3n) is 3.40. The van der Waals surface area contributed by atoms with Crippen molar-refractivity contribution in [2.45, 2.75) is 45.5 Å². The van der Waals surface area contributed by atoms with E-state index in [2.05, 4.69) is 4.98 Å². The zero-order chi connectivity index (χ0) is 17.0. The molecule has 0 spiro atoms. The van der Waals surface area contributed by atoms with Gasteiger partial charge in [0.15, 0.2) is 10.7 Å². The third-order valence-corrected chi connectivity index (χ3v) is 4.48. The van der Waals surface area contributed by atoms with Crippen LogP contribution in [0.3, 0.4) is 0 Å². The molecule has 0 atom stereocenters. The number of alkyl halides is 3. The van der Waals surface area contributed by atoms with Crippen LogP contribution in [-0.4, -0.2) is 32.5 Å². The number of ether oxygens (including phenoxy) is 1. The summed E-state index contributed by atoms with van der Waals surface area (Å²) < 4.78 is 45.0. The van der Waals surface area contributed by atoms with Gasteiger partial charge in [0.05, 0.1) is 6.54 Å². The first kappa shape index (κ1) is 16.1. The fourth-order valence-corrected chi connectivity index (χ4v) is 3.59. The lowest BCUT2D eigenvalue weighted by Crippen LogP contribution is -2.39. The van der Waals surface area contributed by atoms with Gasteiger partial charge in [-0.1, -0.05) is 11.3 Å². The number of hydrogen-bond acceptors (Lipinski definition) is 4. The van der Waals surface area contributed by atoms with Crippen molar-refractivity contribution in [2.24, 2.45) is 0 Å². The van der Waals surface area contributed by atoms with Gasteiger partial charge in [-0.2, -0.15) is 13.2 Å². The van der Waals surface area contributed by atoms with Crippen LogP contribution in [0.5, 0.6) is 0 Å². The molecule has 0 aliphatic carbocycles. The molecule has 1 aliphatic rings. The number of aromatic nitrogens is 2. The van der Waals surface area contributed by atoms with Gasteiger partial charge in [0.1, 0.15) is 5.60 Å². The summed E-state index contributed by atoms with van der Waals surface area (Å²) in [5, 5.41) is 0. The largest absolute Gasteiger partial charge is 0.444 e. The average Bonchev–Trinajstić information content (AvgIpc) is 2.92. The number of rotatable bonds is 0. The van der Waals surface area contributed by atoms with Crippen molar-refractivity contribution < 1.29 is 22.7 Å². The summed E-state index contributed by atoms with van der Waals surface area (Å²) in [5.74, 6) is 0. The van der Waals surface area contributed by atoms with Crippen LogP contribution in [0.15, 0.2) is 6.20 Å². The number of thiazole rings is 1. The predicted molar refractivity (Wildman–Crippen MR) is 78.4 cm³/mol. The monoisotopic (exact) mass is 347 g/mol. The Morgan fingerprint density at radius 2 is 2.04 bits per heavy atom. The van der Waals surface area contributed by atoms with Crippen LogP contribution in [0, 0.1) is 0 Å². The Balaban J connectivity index is 1.84. The Bertz CT molecular complexity index is 758. The highest BCUT2D eigenvalue weighted by Crippen LogP contribution is 2.34. The topological polar surface area (TPSA) is 46.8 Å². The minimum atomic E-state index is -4.45. The van der Waals surface area contributed by atoms with Crippen LogP contribution >= 0.6 is 11.3 Å². The number of carbonyl (C=O) groups is 1. The highest BCUT2D eigenvalue weighted by Gasteiger charge is 2.36. The summed E-state index contributed by atoms with van der Waals surface area (Å²) >= 11 is 1.18. The highest BCUT2D eigenvalue weighted by molar-refractivity contribution is 7.17. The number of imidazole rings is 1. The predicted octanol–water partition coefficient (Wildman–Crippen LogP) is 3.71. The van der Waals surface area contributed by atoms with Crippen LogP contribution in [0.1, 0.15) is 37.0 Å². The summed E-state index contributed by atoms with van der Waals surface area (Å²) in [7, 11) is 0. The Morgan fingerprint density at radius 3 is 2.65 bits per heavy atom. The van der Waals surface area contributed by atoms with E-state index in [4.69, 9.17) is 4.74 Å². The molecule has 126 valence electrons. The van der Waals surface area contributed by atoms with Gasteiger partial charge in [0.25, 0.3) is 0 Å². The van der Waals surface area contributed by atoms with Gasteiger partial charge in [-0.15, -0.1) is 0 Å². The number of hydrogen-bond donors (Lipinski definition) is 0. The normalized spacial score (nSPS) is 15.8. The van der Waals surface area contributed by atoms with Gasteiger partial charge in [0, 0.05) is 29.7 Å². The van der Waals surface area contributed by atoms with Crippen LogP contribution in [0.25, 0.3) is 4.96 Å². The maximum absolute atomic E-state index is 12.7. The molecule has 0 radical (unpaired) electrons. The Morgan fingerprint density at radius 1 is 1.35 bits per heavy atom. The summed E-state index contributed by atoms with van der Waals surface area (Å²) in [4.78, 5) is 18.4. The molecule has 2 aromatic heterocycles. The SMILES string of the molecule is CC(C)(C)OC(=O)N1CCc2c(sc3nc(C(F)(F)F)cn23)C1. The molecule has 0 N–H and O–H groups in total. The first-order chi connectivity index (χ1) is 10.5. The molecule has 3 heterocycles. The first-order valence-electron chi connectivity index (χ1n) is 7.09. The van der Waals surface area contributed by atoms with Crippen molar-refractivity contribution in [1.82, 2.24) is 14.3 Å². The van der Waals surface area contributed by atoms with Gasteiger partial charge in [0.2, 0.25) is 0 Å². The van der Waals surface area contributed by atoms with Crippen molar-refractivity contribution in [3.8, 4) is 0 Å². The fraction of sp³-hybridized carbons (Fsp3) is 0.571. The zero-order valence-electron chi connectivity index (χ0n) is 12.9. The molecule has 2 aromatic rings. The number of carbonyl (C=O) groups excluding carboxylic acids is 1. The van der Waals surface area contributed by atoms with E-state index >= 15 is 0 Å². The van der Waals surface area contributed by atoms with Crippen molar-refractivity contribution >= 4 is 22.4 Å². The minimum Gasteiger partial charge on any atom is -0.444 e. The summed E-state index contributed by atoms with van der Waals surface area (Å²) in [6.07, 6.45) is -3.36. The number of nitrogens with zero attached hydrogens (tertiary/aromatic N) is 3. The summed E-state index contributed by atoms with van der Waals surface area (Å²) in [5.41, 5.74) is -0.683. The summed E-state index contributed by atoms with van der Waals surface area (Å²) in [6, 6.07) is 0. The van der Waals surface area contributed by atoms with E-state index in [1.165, 1.54) is 15.7 Å². The van der Waals surface area contributed by atoms with Crippen LogP contribution in [-0.2, 0) is 23.9 Å². The third kappa shape index (κ3) is 3.15. The Hall–Kier alpha value is -1.77. The first-order valence-corrected chi connectivity index (χ1v) is 7.91. The number of fused-ring (bicyclic) bond motifs is 3. The van der Waals surface area contributed by atoms with Crippen LogP contribution in [0.4, 0.5) is 18.0 Å². The maximum atomic E-state index is 12.7. The van der Waals surface area contributed by atoms with E-state index in [1.54, 1.807) is 25.7 Å². The molecule has 23 heavy (non-hydrogen) atoms. The molecule has 0 unspecified atom stereocenters. The van der Waals surface area contributed by atoms with E-state index in [0.717, 1.165) is 16.8 Å². The molecule has 1 aliphatic heterocycles. The Kier molecular flexibility index (Phi) is 3.58. The molecule has 0 aromatic carbocycles. The molecule has 5 nitrogen and oxygen atoms in total. The highest BCUT2D eigenvalue weighted by atomic mass is 32.1. The molecule has 0 saturated heterocycles. The van der Waals surface area contributed by atoms with Crippen molar-refractivity contribution in [3.63, 3.8) is 0 Å². The standard InChI is InChI=1S/C14H16F3N3O2S/c1-13(2,3)22-12(21)19-5-4-8-9(6-19)23-11-18-10(7-20(8)11)14(15,16)17/h7H,4-6H2,1-3H3. The smallest absolute Gasteiger partial charge is 0.434 e. The van der Waals surface area contributed by atoms with Gasteiger partial charge < -0.3 is 9.64 Å². The quantitative estimate of drug-likeness (QED) is 0.730. The van der Waals surface area contributed by atoms with E-state index in [1.807, 2.05) is 0 Å². The second-order valence-corrected chi connectivity index (χ2v) is 7.46. The van der Waals surface area contributed by atoms with E-state index in [9.17, 15) is 18.0 Å². The van der Waals surface area contributed by atoms with Gasteiger partial charge in [-0.3, -0.25) is 4.40 Å². The molecule has 0 fully saturated rings. The lowest BCUT2D eigenvalue weighted by Gasteiger charge is -2.29. The van der Waals surface area contributed by atoms with Gasteiger partial charge >= 0.3 is 12.3 Å². The molecule has 3 rings (SSSR count). The fourth-order valence-electron chi connectivity index (χ4n) is 2.43. The lowest BCUT2D eigenvalue weighted by atomic mass is 10.2. The number of amides is 1. The van der Waals surface area contributed by atoms with Crippen LogP contribution in [0.2, 0.25) is 0 Å². The summed E-state index contributed by atoms with van der Waals surface area (Å²) in [6.45, 7) is 6.11. The molecule has 1 amide bonds. The second-order valence-electron chi connectivity index (χ2n) is 6.40. The Labute approximate surface area is 134 Å². The maximum Gasteiger partial charge on any atom is 0.434 e. The van der Waals surface area contributed by atoms with Crippen LogP contribution < -0.4 is 0 Å². The molecule has 9 heteroatoms. The van der Waals surface area contributed by atoms with Crippen molar-refractivity contribution in [1.29, 1.82) is 0 Å². The molecule has 0 bridgehead atoms. The van der Waals surface area contributed by atoms with Gasteiger partial charge in [-0.25, -0.2) is 9.78 Å². The van der Waals surface area contributed by atoms with Crippen molar-refractivity contribution in [3.05, 3.63) is 22.5 Å². The molecular formula is C14H16F3N3O2S. The molecule has 0 saturated carbocycles.